The van der Waals surface area contributed by atoms with Crippen molar-refractivity contribution >= 4 is 11.9 Å². The molecule has 1 aliphatic heterocycles. The van der Waals surface area contributed by atoms with Gasteiger partial charge in [0.15, 0.2) is 0 Å². The van der Waals surface area contributed by atoms with Crippen molar-refractivity contribution in [3.05, 3.63) is 41.7 Å². The summed E-state index contributed by atoms with van der Waals surface area (Å²) in [6.07, 6.45) is 2.67. The quantitative estimate of drug-likeness (QED) is 0.862. The van der Waals surface area contributed by atoms with Gasteiger partial charge in [-0.2, -0.15) is 0 Å². The van der Waals surface area contributed by atoms with E-state index < -0.39 is 12.0 Å². The molecule has 3 rings (SSSR count). The molecule has 0 unspecified atom stereocenters. The smallest absolute Gasteiger partial charge is 0.326 e. The van der Waals surface area contributed by atoms with Gasteiger partial charge in [-0.1, -0.05) is 24.3 Å². The Bertz CT molecular complexity index is 701. The molecule has 1 N–H and O–H groups in total. The van der Waals surface area contributed by atoms with E-state index in [9.17, 15) is 14.7 Å². The highest BCUT2D eigenvalue weighted by atomic mass is 16.4. The lowest BCUT2D eigenvalue weighted by atomic mass is 9.93. The molecule has 1 aliphatic rings. The fourth-order valence-corrected chi connectivity index (χ4v) is 2.82. The van der Waals surface area contributed by atoms with Crippen LogP contribution < -0.4 is 0 Å². The Labute approximate surface area is 132 Å². The van der Waals surface area contributed by atoms with Gasteiger partial charge >= 0.3 is 5.97 Å². The van der Waals surface area contributed by atoms with Gasteiger partial charge in [0.05, 0.1) is 0 Å². The van der Waals surface area contributed by atoms with Gasteiger partial charge in [-0.3, -0.25) is 4.79 Å². The fourth-order valence-electron chi connectivity index (χ4n) is 2.82. The SMILES string of the molecule is O=C(O)[C@H]1Cc2ccccc2CN1C(=O)CCCn1cnnn1. The van der Waals surface area contributed by atoms with Crippen molar-refractivity contribution in [2.24, 2.45) is 0 Å². The molecule has 0 saturated carbocycles. The Kier molecular flexibility index (Phi) is 4.31. The second-order valence-corrected chi connectivity index (χ2v) is 5.52. The molecule has 8 heteroatoms. The second kappa shape index (κ2) is 6.55. The van der Waals surface area contributed by atoms with Crippen LogP contribution in [0.3, 0.4) is 0 Å². The lowest BCUT2D eigenvalue weighted by Gasteiger charge is -2.34. The van der Waals surface area contributed by atoms with E-state index in [1.165, 1.54) is 11.2 Å². The van der Waals surface area contributed by atoms with Crippen molar-refractivity contribution in [1.82, 2.24) is 25.1 Å². The van der Waals surface area contributed by atoms with Crippen LogP contribution in [0.1, 0.15) is 24.0 Å². The Morgan fingerprint density at radius 1 is 1.26 bits per heavy atom. The van der Waals surface area contributed by atoms with E-state index in [-0.39, 0.29) is 12.3 Å². The van der Waals surface area contributed by atoms with E-state index in [2.05, 4.69) is 15.5 Å². The second-order valence-electron chi connectivity index (χ2n) is 5.52. The number of aryl methyl sites for hydroxylation is 1. The van der Waals surface area contributed by atoms with Gasteiger partial charge in [0.1, 0.15) is 12.4 Å². The fraction of sp³-hybridized carbons (Fsp3) is 0.400. The summed E-state index contributed by atoms with van der Waals surface area (Å²) in [7, 11) is 0. The van der Waals surface area contributed by atoms with Crippen LogP contribution in [0.4, 0.5) is 0 Å². The average Bonchev–Trinajstić information content (AvgIpc) is 3.06. The Morgan fingerprint density at radius 2 is 2.04 bits per heavy atom. The Morgan fingerprint density at radius 3 is 2.74 bits per heavy atom. The molecular weight excluding hydrogens is 298 g/mol. The molecule has 0 radical (unpaired) electrons. The van der Waals surface area contributed by atoms with Crippen molar-refractivity contribution in [3.63, 3.8) is 0 Å². The summed E-state index contributed by atoms with van der Waals surface area (Å²) < 4.78 is 1.55. The van der Waals surface area contributed by atoms with Crippen molar-refractivity contribution in [2.45, 2.75) is 38.4 Å². The molecule has 8 nitrogen and oxygen atoms in total. The third-order valence-corrected chi connectivity index (χ3v) is 4.02. The zero-order valence-electron chi connectivity index (χ0n) is 12.5. The Balaban J connectivity index is 1.66. The number of carboxylic acid groups (broad SMARTS) is 1. The number of carboxylic acids is 1. The maximum atomic E-state index is 12.5. The topological polar surface area (TPSA) is 101 Å². The van der Waals surface area contributed by atoms with Crippen LogP contribution in [0.15, 0.2) is 30.6 Å². The normalized spacial score (nSPS) is 16.9. The zero-order chi connectivity index (χ0) is 16.2. The van der Waals surface area contributed by atoms with Gasteiger partial charge in [0, 0.05) is 25.9 Å². The van der Waals surface area contributed by atoms with E-state index in [0.717, 1.165) is 11.1 Å². The van der Waals surface area contributed by atoms with Crippen molar-refractivity contribution in [3.8, 4) is 0 Å². The van der Waals surface area contributed by atoms with E-state index in [1.807, 2.05) is 24.3 Å². The van der Waals surface area contributed by atoms with E-state index in [0.29, 0.717) is 25.9 Å². The monoisotopic (exact) mass is 315 g/mol. The average molecular weight is 315 g/mol. The number of hydrogen-bond acceptors (Lipinski definition) is 5. The molecule has 0 bridgehead atoms. The highest BCUT2D eigenvalue weighted by molar-refractivity contribution is 5.84. The molecule has 0 saturated heterocycles. The van der Waals surface area contributed by atoms with Crippen LogP contribution >= 0.6 is 0 Å². The number of carbonyl (C=O) groups is 2. The molecule has 1 amide bonds. The number of hydrogen-bond donors (Lipinski definition) is 1. The molecular formula is C15H17N5O3. The first-order valence-electron chi connectivity index (χ1n) is 7.45. The molecule has 1 aromatic heterocycles. The molecule has 0 spiro atoms. The summed E-state index contributed by atoms with van der Waals surface area (Å²) >= 11 is 0. The molecule has 1 aromatic carbocycles. The summed E-state index contributed by atoms with van der Waals surface area (Å²) in [5.41, 5.74) is 2.01. The summed E-state index contributed by atoms with van der Waals surface area (Å²) in [6, 6.07) is 6.85. The molecule has 2 aromatic rings. The van der Waals surface area contributed by atoms with Crippen molar-refractivity contribution in [2.75, 3.05) is 0 Å². The third kappa shape index (κ3) is 3.36. The number of benzene rings is 1. The molecule has 1 atom stereocenters. The lowest BCUT2D eigenvalue weighted by molar-refractivity contribution is -0.151. The number of rotatable bonds is 5. The number of amides is 1. The minimum Gasteiger partial charge on any atom is -0.480 e. The first-order chi connectivity index (χ1) is 11.1. The zero-order valence-corrected chi connectivity index (χ0v) is 12.5. The maximum Gasteiger partial charge on any atom is 0.326 e. The maximum absolute atomic E-state index is 12.5. The summed E-state index contributed by atoms with van der Waals surface area (Å²) in [4.78, 5) is 25.4. The summed E-state index contributed by atoms with van der Waals surface area (Å²) in [6.45, 7) is 0.873. The number of fused-ring (bicyclic) bond motifs is 1. The number of aliphatic carboxylic acids is 1. The lowest BCUT2D eigenvalue weighted by Crippen LogP contribution is -2.48. The van der Waals surface area contributed by atoms with Gasteiger partial charge in [-0.15, -0.1) is 5.10 Å². The van der Waals surface area contributed by atoms with Crippen LogP contribution in [-0.4, -0.2) is 48.1 Å². The predicted molar refractivity (Wildman–Crippen MR) is 79.2 cm³/mol. The van der Waals surface area contributed by atoms with Crippen LogP contribution in [-0.2, 0) is 29.1 Å². The van der Waals surface area contributed by atoms with Gasteiger partial charge in [-0.25, -0.2) is 9.48 Å². The molecule has 0 aliphatic carbocycles. The summed E-state index contributed by atoms with van der Waals surface area (Å²) in [5.74, 6) is -1.12. The highest BCUT2D eigenvalue weighted by Gasteiger charge is 2.33. The van der Waals surface area contributed by atoms with Crippen molar-refractivity contribution < 1.29 is 14.7 Å². The number of nitrogens with zero attached hydrogens (tertiary/aromatic N) is 5. The minimum atomic E-state index is -0.965. The van der Waals surface area contributed by atoms with Crippen LogP contribution in [0.2, 0.25) is 0 Å². The molecule has 0 fully saturated rings. The van der Waals surface area contributed by atoms with Crippen LogP contribution in [0.5, 0.6) is 0 Å². The first-order valence-corrected chi connectivity index (χ1v) is 7.45. The van der Waals surface area contributed by atoms with Gasteiger partial charge in [-0.05, 0) is 28.0 Å². The first kappa shape index (κ1) is 15.1. The van der Waals surface area contributed by atoms with Crippen molar-refractivity contribution in [1.29, 1.82) is 0 Å². The molecule has 120 valence electrons. The van der Waals surface area contributed by atoms with E-state index in [4.69, 9.17) is 0 Å². The molecule has 23 heavy (non-hydrogen) atoms. The van der Waals surface area contributed by atoms with E-state index >= 15 is 0 Å². The predicted octanol–water partition coefficient (Wildman–Crippen LogP) is 0.491. The largest absolute Gasteiger partial charge is 0.480 e. The van der Waals surface area contributed by atoms with Gasteiger partial charge in [0.2, 0.25) is 5.91 Å². The van der Waals surface area contributed by atoms with Gasteiger partial charge in [0.25, 0.3) is 0 Å². The third-order valence-electron chi connectivity index (χ3n) is 4.02. The number of aromatic nitrogens is 4. The highest BCUT2D eigenvalue weighted by Crippen LogP contribution is 2.24. The van der Waals surface area contributed by atoms with Gasteiger partial charge < -0.3 is 10.0 Å². The van der Waals surface area contributed by atoms with E-state index in [1.54, 1.807) is 4.68 Å². The standard InChI is InChI=1S/C15H17N5O3/c21-14(6-3-7-19-10-16-17-18-19)20-9-12-5-2-1-4-11(12)8-13(20)15(22)23/h1-2,4-5,10,13H,3,6-9H2,(H,22,23)/t13-/m1/s1. The minimum absolute atomic E-state index is 0.153. The number of carbonyl (C=O) groups excluding carboxylic acids is 1. The van der Waals surface area contributed by atoms with Crippen LogP contribution in [0.25, 0.3) is 0 Å². The Hall–Kier alpha value is -2.77. The summed E-state index contributed by atoms with van der Waals surface area (Å²) in [5, 5.41) is 20.2. The number of tetrazole rings is 1. The molecule has 2 heterocycles. The van der Waals surface area contributed by atoms with Crippen LogP contribution in [0, 0.1) is 0 Å².